The summed E-state index contributed by atoms with van der Waals surface area (Å²) in [6, 6.07) is 3.97. The molecule has 7 heteroatoms. The minimum Gasteiger partial charge on any atom is -0.364 e. The molecular formula is C17H20N4O2S. The van der Waals surface area contributed by atoms with Gasteiger partial charge in [0.25, 0.3) is 0 Å². The fourth-order valence-corrected chi connectivity index (χ4v) is 4.85. The molecule has 3 aromatic heterocycles. The van der Waals surface area contributed by atoms with Crippen molar-refractivity contribution in [3.63, 3.8) is 0 Å². The molecule has 1 aliphatic rings. The SMILES string of the molecule is CC(C)S(=O)(=O)N1CCC(c2[nH]ccc3cnc4nccc4c23)C1. The zero-order valence-electron chi connectivity index (χ0n) is 13.7. The quantitative estimate of drug-likeness (QED) is 0.792. The predicted molar refractivity (Wildman–Crippen MR) is 94.4 cm³/mol. The number of aromatic amines is 1. The lowest BCUT2D eigenvalue weighted by Crippen LogP contribution is -2.34. The molecule has 0 saturated carbocycles. The van der Waals surface area contributed by atoms with E-state index in [1.807, 2.05) is 24.5 Å². The van der Waals surface area contributed by atoms with Gasteiger partial charge in [0.05, 0.1) is 5.25 Å². The first-order valence-electron chi connectivity index (χ1n) is 8.18. The van der Waals surface area contributed by atoms with Crippen LogP contribution < -0.4 is 0 Å². The molecule has 1 aliphatic heterocycles. The maximum Gasteiger partial charge on any atom is 0.216 e. The Morgan fingerprint density at radius 2 is 2.12 bits per heavy atom. The van der Waals surface area contributed by atoms with Crippen LogP contribution in [0, 0.1) is 0 Å². The normalized spacial score (nSPS) is 19.7. The Balaban J connectivity index is 1.79. The summed E-state index contributed by atoms with van der Waals surface area (Å²) in [4.78, 5) is 12.0. The lowest BCUT2D eigenvalue weighted by molar-refractivity contribution is 0.465. The van der Waals surface area contributed by atoms with Crippen molar-refractivity contribution in [2.24, 2.45) is 0 Å². The number of hydrogen-bond acceptors (Lipinski definition) is 4. The van der Waals surface area contributed by atoms with Crippen molar-refractivity contribution in [3.05, 3.63) is 36.4 Å². The van der Waals surface area contributed by atoms with Crippen LogP contribution in [0.3, 0.4) is 0 Å². The highest BCUT2D eigenvalue weighted by Gasteiger charge is 2.34. The van der Waals surface area contributed by atoms with Gasteiger partial charge in [-0.2, -0.15) is 0 Å². The topological polar surface area (TPSA) is 79.0 Å². The van der Waals surface area contributed by atoms with E-state index in [0.717, 1.165) is 33.9 Å². The molecule has 4 heterocycles. The first-order valence-corrected chi connectivity index (χ1v) is 9.68. The molecule has 0 aromatic carbocycles. The van der Waals surface area contributed by atoms with Gasteiger partial charge < -0.3 is 4.98 Å². The van der Waals surface area contributed by atoms with Crippen LogP contribution in [0.25, 0.3) is 21.8 Å². The molecule has 1 fully saturated rings. The van der Waals surface area contributed by atoms with Crippen molar-refractivity contribution >= 4 is 31.8 Å². The van der Waals surface area contributed by atoms with Gasteiger partial charge in [0.15, 0.2) is 5.65 Å². The van der Waals surface area contributed by atoms with Gasteiger partial charge in [-0.3, -0.25) is 0 Å². The van der Waals surface area contributed by atoms with Crippen LogP contribution in [-0.4, -0.2) is 46.0 Å². The number of pyridine rings is 2. The number of nitrogens with one attached hydrogen (secondary N) is 1. The second kappa shape index (κ2) is 5.53. The van der Waals surface area contributed by atoms with Crippen molar-refractivity contribution in [2.45, 2.75) is 31.4 Å². The predicted octanol–water partition coefficient (Wildman–Crippen LogP) is 2.64. The Labute approximate surface area is 141 Å². The summed E-state index contributed by atoms with van der Waals surface area (Å²) in [5, 5.41) is 2.79. The minimum absolute atomic E-state index is 0.155. The van der Waals surface area contributed by atoms with E-state index in [0.29, 0.717) is 13.1 Å². The number of nitrogens with zero attached hydrogens (tertiary/aromatic N) is 3. The largest absolute Gasteiger partial charge is 0.364 e. The third-order valence-corrected chi connectivity index (χ3v) is 7.09. The summed E-state index contributed by atoms with van der Waals surface area (Å²) < 4.78 is 26.5. The highest BCUT2D eigenvalue weighted by atomic mass is 32.2. The van der Waals surface area contributed by atoms with Crippen LogP contribution in [0.4, 0.5) is 0 Å². The van der Waals surface area contributed by atoms with Crippen molar-refractivity contribution < 1.29 is 8.42 Å². The van der Waals surface area contributed by atoms with E-state index in [9.17, 15) is 8.42 Å². The van der Waals surface area contributed by atoms with Crippen LogP contribution in [0.1, 0.15) is 31.9 Å². The van der Waals surface area contributed by atoms with E-state index in [2.05, 4.69) is 15.0 Å². The molecule has 0 radical (unpaired) electrons. The molecular weight excluding hydrogens is 324 g/mol. The molecule has 0 bridgehead atoms. The maximum absolute atomic E-state index is 12.4. The van der Waals surface area contributed by atoms with Crippen LogP contribution in [0.15, 0.2) is 30.7 Å². The Morgan fingerprint density at radius 3 is 2.92 bits per heavy atom. The first-order chi connectivity index (χ1) is 11.5. The van der Waals surface area contributed by atoms with Crippen molar-refractivity contribution in [2.75, 3.05) is 13.1 Å². The molecule has 1 saturated heterocycles. The Kier molecular flexibility index (Phi) is 3.58. The van der Waals surface area contributed by atoms with E-state index in [1.54, 1.807) is 24.3 Å². The molecule has 24 heavy (non-hydrogen) atoms. The lowest BCUT2D eigenvalue weighted by atomic mass is 9.97. The number of rotatable bonds is 3. The summed E-state index contributed by atoms with van der Waals surface area (Å²) in [5.41, 5.74) is 1.81. The first kappa shape index (κ1) is 15.5. The highest BCUT2D eigenvalue weighted by molar-refractivity contribution is 7.89. The number of sulfonamides is 1. The van der Waals surface area contributed by atoms with Gasteiger partial charge in [0, 0.05) is 59.5 Å². The molecule has 6 nitrogen and oxygen atoms in total. The highest BCUT2D eigenvalue weighted by Crippen LogP contribution is 2.35. The number of hydrogen-bond donors (Lipinski definition) is 1. The second-order valence-corrected chi connectivity index (χ2v) is 9.09. The van der Waals surface area contributed by atoms with E-state index in [4.69, 9.17) is 0 Å². The maximum atomic E-state index is 12.4. The standard InChI is InChI=1S/C17H20N4O2S/c1-11(2)24(22,23)21-8-5-13(10-21)16-15-12(3-6-18-16)9-20-17-14(15)4-7-19-17/h3-4,6-7,9,11,13,18H,5,8,10H2,1-2H3. The molecule has 1 unspecified atom stereocenters. The van der Waals surface area contributed by atoms with Crippen molar-refractivity contribution in [1.82, 2.24) is 19.3 Å². The minimum atomic E-state index is -3.21. The van der Waals surface area contributed by atoms with Crippen LogP contribution >= 0.6 is 0 Å². The Hall–Kier alpha value is -1.99. The van der Waals surface area contributed by atoms with E-state index in [-0.39, 0.29) is 11.2 Å². The van der Waals surface area contributed by atoms with Gasteiger partial charge in [-0.25, -0.2) is 22.7 Å². The van der Waals surface area contributed by atoms with Crippen LogP contribution in [-0.2, 0) is 10.0 Å². The molecule has 1 atom stereocenters. The average molecular weight is 344 g/mol. The van der Waals surface area contributed by atoms with Gasteiger partial charge in [-0.05, 0) is 32.4 Å². The summed E-state index contributed by atoms with van der Waals surface area (Å²) in [6.07, 6.45) is 6.32. The number of aromatic nitrogens is 3. The molecule has 126 valence electrons. The smallest absolute Gasteiger partial charge is 0.216 e. The third kappa shape index (κ3) is 2.31. The second-order valence-electron chi connectivity index (χ2n) is 6.60. The summed E-state index contributed by atoms with van der Waals surface area (Å²) >= 11 is 0. The molecule has 3 aromatic rings. The van der Waals surface area contributed by atoms with E-state index in [1.165, 1.54) is 0 Å². The van der Waals surface area contributed by atoms with Gasteiger partial charge in [0.2, 0.25) is 10.0 Å². The molecule has 1 N–H and O–H groups in total. The average Bonchev–Trinajstić information content (AvgIpc) is 3.23. The van der Waals surface area contributed by atoms with Gasteiger partial charge in [-0.15, -0.1) is 0 Å². The Morgan fingerprint density at radius 1 is 1.29 bits per heavy atom. The third-order valence-electron chi connectivity index (χ3n) is 4.85. The van der Waals surface area contributed by atoms with Crippen LogP contribution in [0.5, 0.6) is 0 Å². The van der Waals surface area contributed by atoms with Gasteiger partial charge >= 0.3 is 0 Å². The zero-order chi connectivity index (χ0) is 16.9. The molecule has 4 rings (SSSR count). The summed E-state index contributed by atoms with van der Waals surface area (Å²) in [5.74, 6) is 0.155. The van der Waals surface area contributed by atoms with E-state index < -0.39 is 10.0 Å². The summed E-state index contributed by atoms with van der Waals surface area (Å²) in [6.45, 7) is 4.56. The monoisotopic (exact) mass is 344 g/mol. The molecule has 0 aliphatic carbocycles. The van der Waals surface area contributed by atoms with Gasteiger partial charge in [0.1, 0.15) is 0 Å². The van der Waals surface area contributed by atoms with Crippen molar-refractivity contribution in [1.29, 1.82) is 0 Å². The number of fused-ring (bicyclic) bond motifs is 3. The van der Waals surface area contributed by atoms with Gasteiger partial charge in [-0.1, -0.05) is 0 Å². The fourth-order valence-electron chi connectivity index (χ4n) is 3.51. The zero-order valence-corrected chi connectivity index (χ0v) is 14.5. The number of H-pyrrole nitrogens is 1. The summed E-state index contributed by atoms with van der Waals surface area (Å²) in [7, 11) is -3.21. The lowest BCUT2D eigenvalue weighted by Gasteiger charge is -2.19. The van der Waals surface area contributed by atoms with Crippen LogP contribution in [0.2, 0.25) is 0 Å². The van der Waals surface area contributed by atoms with E-state index >= 15 is 0 Å². The Bertz CT molecular complexity index is 1010. The molecule has 0 spiro atoms. The molecule has 0 amide bonds. The van der Waals surface area contributed by atoms with Crippen molar-refractivity contribution in [3.8, 4) is 0 Å². The fraction of sp³-hybridized carbons (Fsp3) is 0.412.